The number of ether oxygens (including phenoxy) is 4. The number of carboxylic acid groups (broad SMARTS) is 2. The molecule has 5 N–H and O–H groups in total. The second-order valence-corrected chi connectivity index (χ2v) is 33.3. The Labute approximate surface area is 519 Å². The van der Waals surface area contributed by atoms with Crippen molar-refractivity contribution in [1.82, 2.24) is 0 Å². The minimum atomic E-state index is -0.748. The molecule has 0 radical (unpaired) electrons. The van der Waals surface area contributed by atoms with Gasteiger partial charge in [-0.1, -0.05) is 48.5 Å². The number of aldehydes is 1. The van der Waals surface area contributed by atoms with Gasteiger partial charge in [0.15, 0.2) is 0 Å². The first-order valence-corrected chi connectivity index (χ1v) is 35.3. The molecule has 0 amide bonds. The lowest BCUT2D eigenvalue weighted by Crippen LogP contribution is -2.63. The quantitative estimate of drug-likeness (QED) is 0.0487. The number of aliphatic carboxylic acids is 2. The van der Waals surface area contributed by atoms with E-state index in [0.29, 0.717) is 61.3 Å². The van der Waals surface area contributed by atoms with Gasteiger partial charge in [-0.3, -0.25) is 24.0 Å². The molecule has 0 saturated heterocycles. The maximum absolute atomic E-state index is 13.3. The van der Waals surface area contributed by atoms with Crippen molar-refractivity contribution in [3.8, 4) is 0 Å². The van der Waals surface area contributed by atoms with Gasteiger partial charge in [-0.15, -0.1) is 0 Å². The Morgan fingerprint density at radius 1 is 0.575 bits per heavy atom. The predicted octanol–water partition coefficient (Wildman–Crippen LogP) is 12.2. The van der Waals surface area contributed by atoms with Gasteiger partial charge in [0, 0.05) is 24.2 Å². The highest BCUT2D eigenvalue weighted by molar-refractivity contribution is 5.75. The minimum absolute atomic E-state index is 0.0165. The van der Waals surface area contributed by atoms with Crippen molar-refractivity contribution in [1.29, 1.82) is 0 Å². The number of esters is 1. The summed E-state index contributed by atoms with van der Waals surface area (Å²) < 4.78 is 24.2. The monoisotopic (exact) mass is 1220 g/mol. The number of hydrogen-bond donors (Lipinski definition) is 5. The molecule has 0 aliphatic heterocycles. The number of carbonyl (C=O) groups is 6. The van der Waals surface area contributed by atoms with Crippen molar-refractivity contribution in [3.63, 3.8) is 0 Å². The van der Waals surface area contributed by atoms with Crippen LogP contribution in [0.2, 0.25) is 0 Å². The van der Waals surface area contributed by atoms with Gasteiger partial charge >= 0.3 is 17.9 Å². The fraction of sp³-hybridized carbons (Fsp3) is 0.917. The smallest absolute Gasteiger partial charge is 0.309 e. The second kappa shape index (κ2) is 25.4. The average Bonchev–Trinajstić information content (AvgIpc) is 1.71. The Morgan fingerprint density at radius 3 is 1.75 bits per heavy atom. The molecule has 15 heteroatoms. The van der Waals surface area contributed by atoms with E-state index in [1.807, 2.05) is 0 Å². The summed E-state index contributed by atoms with van der Waals surface area (Å²) >= 11 is 0. The van der Waals surface area contributed by atoms with E-state index in [1.165, 1.54) is 38.5 Å². The molecule has 0 spiro atoms. The van der Waals surface area contributed by atoms with Crippen molar-refractivity contribution >= 4 is 37.1 Å². The van der Waals surface area contributed by atoms with Gasteiger partial charge in [-0.2, -0.15) is 0 Å². The summed E-state index contributed by atoms with van der Waals surface area (Å²) in [4.78, 5) is 70.2. The summed E-state index contributed by atoms with van der Waals surface area (Å²) in [5, 5.41) is 51.3. The molecular formula is C72H112O15. The van der Waals surface area contributed by atoms with Crippen LogP contribution in [0.4, 0.5) is 0 Å². The summed E-state index contributed by atoms with van der Waals surface area (Å²) in [5.74, 6) is 5.63. The van der Waals surface area contributed by atoms with Gasteiger partial charge in [0.05, 0.1) is 29.8 Å². The van der Waals surface area contributed by atoms with Crippen molar-refractivity contribution in [3.05, 3.63) is 0 Å². The van der Waals surface area contributed by atoms with Crippen molar-refractivity contribution in [2.45, 2.75) is 277 Å². The van der Waals surface area contributed by atoms with Crippen LogP contribution in [-0.2, 0) is 47.7 Å². The standard InChI is InChI=1S/C37H56O8.C24H40O5.C11H16O2/c1-5-37(20-24-7-8-25(37)16-24)45-33(41)11-6-23(2)28-9-10-29-34-30(19-32(36(28,29)4)42-15-14-38)35(3)13-12-27(43-21-39)17-26(35)18-31(34)44-22-40;1-13(4-7-21(28)29)16-5-6-17-22-18(12-20(27)24(16,17)3)23(2)9-8-15(25)10-14(23)11-19(22)26;12-10(13)11-4-7-1-8(5-11)3-9(2-7)6-11/h14,21-32,34H,5-13,15-20H2,1-4H3;13-20,22,25-27H,4-12H2,1-3H3,(H,28,29);7-9H,1-6H2,(H,12,13)/t23-,24-,25+,26+,27-,28-,29+,30+,31-,32+,34+,35+,36-,37+;13-,14+,15-,16-,17+,18+,19-,20+,22+,23+,24-;/m11./s1. The topological polar surface area (TPSA) is 240 Å². The van der Waals surface area contributed by atoms with Crippen LogP contribution in [0.1, 0.15) is 235 Å². The molecule has 0 aromatic heterocycles. The molecule has 15 nitrogen and oxygen atoms in total. The zero-order chi connectivity index (χ0) is 62.2. The Morgan fingerprint density at radius 2 is 1.17 bits per heavy atom. The van der Waals surface area contributed by atoms with Gasteiger partial charge in [-0.25, -0.2) is 0 Å². The molecule has 25 atom stereocenters. The van der Waals surface area contributed by atoms with Gasteiger partial charge < -0.3 is 49.3 Å². The van der Waals surface area contributed by atoms with E-state index in [-0.39, 0.29) is 124 Å². The molecule has 14 rings (SSSR count). The summed E-state index contributed by atoms with van der Waals surface area (Å²) in [5.41, 5.74) is -0.859. The number of hydrogen-bond acceptors (Lipinski definition) is 13. The van der Waals surface area contributed by atoms with E-state index < -0.39 is 18.0 Å². The molecule has 0 heterocycles. The predicted molar refractivity (Wildman–Crippen MR) is 325 cm³/mol. The molecule has 14 aliphatic rings. The summed E-state index contributed by atoms with van der Waals surface area (Å²) in [7, 11) is 0. The Hall–Kier alpha value is -3.14. The first-order chi connectivity index (χ1) is 41.4. The van der Waals surface area contributed by atoms with E-state index in [0.717, 1.165) is 158 Å². The molecule has 0 unspecified atom stereocenters. The van der Waals surface area contributed by atoms with Crippen LogP contribution in [0.15, 0.2) is 0 Å². The maximum atomic E-state index is 13.3. The van der Waals surface area contributed by atoms with E-state index in [1.54, 1.807) is 0 Å². The van der Waals surface area contributed by atoms with E-state index >= 15 is 0 Å². The van der Waals surface area contributed by atoms with Crippen LogP contribution in [0.3, 0.4) is 0 Å². The molecule has 14 aliphatic carbocycles. The molecule has 0 aromatic carbocycles. The molecule has 6 bridgehead atoms. The van der Waals surface area contributed by atoms with Gasteiger partial charge in [0.25, 0.3) is 12.9 Å². The number of carbonyl (C=O) groups excluding carboxylic acids is 4. The molecule has 0 aromatic rings. The third kappa shape index (κ3) is 11.6. The summed E-state index contributed by atoms with van der Waals surface area (Å²) in [6, 6.07) is 0. The number of rotatable bonds is 18. The normalized spacial score (nSPS) is 49.8. The lowest BCUT2D eigenvalue weighted by Gasteiger charge is -2.64. The fourth-order valence-electron chi connectivity index (χ4n) is 25.8. The zero-order valence-corrected chi connectivity index (χ0v) is 54.0. The minimum Gasteiger partial charge on any atom is -0.481 e. The van der Waals surface area contributed by atoms with Crippen molar-refractivity contribution in [2.75, 3.05) is 6.61 Å². The van der Waals surface area contributed by atoms with Crippen molar-refractivity contribution in [2.24, 2.45) is 128 Å². The van der Waals surface area contributed by atoms with Gasteiger partial charge in [0.2, 0.25) is 0 Å². The largest absolute Gasteiger partial charge is 0.481 e. The summed E-state index contributed by atoms with van der Waals surface area (Å²) in [6.45, 7) is 17.2. The zero-order valence-electron chi connectivity index (χ0n) is 54.0. The lowest BCUT2D eigenvalue weighted by atomic mass is 9.43. The number of carboxylic acids is 2. The van der Waals surface area contributed by atoms with Gasteiger partial charge in [0.1, 0.15) is 30.7 Å². The Balaban J connectivity index is 0.000000157. The van der Waals surface area contributed by atoms with E-state index in [2.05, 4.69) is 48.5 Å². The summed E-state index contributed by atoms with van der Waals surface area (Å²) in [6.07, 6.45) is 26.5. The van der Waals surface area contributed by atoms with Crippen LogP contribution in [0.5, 0.6) is 0 Å². The molecule has 87 heavy (non-hydrogen) atoms. The highest BCUT2D eigenvalue weighted by Gasteiger charge is 2.69. The second-order valence-electron chi connectivity index (χ2n) is 33.3. The van der Waals surface area contributed by atoms with Crippen LogP contribution in [-0.4, -0.2) is 112 Å². The SMILES string of the molecule is CC[C@]1(OC(=O)CC[C@@H](C)[C@H]2CC[C@H]3[C@@H]4[C@H](OC=O)C[C@@H]5C[C@H](OC=O)CC[C@]5(C)[C@H]4C[C@H](OCC=O)[C@]23C)C[C@@H]2CC[C@H]1C2.C[C@H](CCC(=O)O)[C@H]1CC[C@H]2[C@@H]3[C@H](O)C[C@@H]4C[C@H](O)CC[C@]4(C)[C@H]3C[C@H](O)[C@]12C.O=C(O)C12CC3CC(CC(C3)C1)C2. The van der Waals surface area contributed by atoms with E-state index in [9.17, 15) is 49.2 Å². The first-order valence-electron chi connectivity index (χ1n) is 35.3. The Kier molecular flexibility index (Phi) is 19.1. The van der Waals surface area contributed by atoms with Crippen LogP contribution < -0.4 is 0 Å². The average molecular weight is 1220 g/mol. The fourth-order valence-corrected chi connectivity index (χ4v) is 25.8. The molecule has 14 saturated carbocycles. The highest BCUT2D eigenvalue weighted by atomic mass is 16.6. The van der Waals surface area contributed by atoms with Crippen LogP contribution in [0, 0.1) is 128 Å². The highest BCUT2D eigenvalue weighted by Crippen LogP contribution is 2.71. The van der Waals surface area contributed by atoms with E-state index in [4.69, 9.17) is 24.1 Å². The third-order valence-electron chi connectivity index (χ3n) is 29.8. The third-order valence-corrected chi connectivity index (χ3v) is 29.8. The molecule has 14 fully saturated rings. The number of aliphatic hydroxyl groups excluding tert-OH is 3. The molecule has 490 valence electrons. The van der Waals surface area contributed by atoms with Crippen LogP contribution >= 0.6 is 0 Å². The maximum Gasteiger partial charge on any atom is 0.309 e. The lowest BCUT2D eigenvalue weighted by molar-refractivity contribution is -0.221. The van der Waals surface area contributed by atoms with Crippen molar-refractivity contribution < 1.29 is 73.2 Å². The van der Waals surface area contributed by atoms with Gasteiger partial charge in [-0.05, 0) is 284 Å². The van der Waals surface area contributed by atoms with Crippen LogP contribution in [0.25, 0.3) is 0 Å². The number of fused-ring (bicyclic) bond motifs is 12. The first kappa shape index (κ1) is 65.4. The number of aliphatic hydroxyl groups is 3. The molecular weight excluding hydrogens is 1100 g/mol. The Bertz CT molecular complexity index is 2450.